The van der Waals surface area contributed by atoms with Crippen LogP contribution in [0.3, 0.4) is 0 Å². The lowest BCUT2D eigenvalue weighted by molar-refractivity contribution is -0.124. The Hall–Kier alpha value is -3.53. The maximum atomic E-state index is 12.9. The van der Waals surface area contributed by atoms with Crippen molar-refractivity contribution in [2.75, 3.05) is 16.8 Å². The molecule has 0 aliphatic carbocycles. The average Bonchev–Trinajstić information content (AvgIpc) is 3.41. The summed E-state index contributed by atoms with van der Waals surface area (Å²) in [5.41, 5.74) is 0.829. The highest BCUT2D eigenvalue weighted by molar-refractivity contribution is 6.07. The van der Waals surface area contributed by atoms with Crippen LogP contribution >= 0.6 is 0 Å². The van der Waals surface area contributed by atoms with Gasteiger partial charge in [0.2, 0.25) is 5.91 Å². The van der Waals surface area contributed by atoms with E-state index in [9.17, 15) is 14.7 Å². The molecule has 10 heteroatoms. The summed E-state index contributed by atoms with van der Waals surface area (Å²) >= 11 is 0. The standard InChI is InChI=1S/C20H23N7O3/c1-20(2)7-8-26(19(20)30)17-15(11-25(3)24-17)23-18(29)14-5-4-6-16(22-14)27-10-13(12-28)9-21-27/h4-6,9-11,28H,7-8,12H2,1-3H3,(H,23,29). The fourth-order valence-corrected chi connectivity index (χ4v) is 3.36. The maximum Gasteiger partial charge on any atom is 0.274 e. The Morgan fingerprint density at radius 2 is 2.10 bits per heavy atom. The Labute approximate surface area is 173 Å². The molecule has 3 aromatic rings. The van der Waals surface area contributed by atoms with Crippen molar-refractivity contribution in [1.29, 1.82) is 0 Å². The van der Waals surface area contributed by atoms with Gasteiger partial charge in [-0.1, -0.05) is 19.9 Å². The summed E-state index contributed by atoms with van der Waals surface area (Å²) in [4.78, 5) is 31.5. The minimum atomic E-state index is -0.453. The van der Waals surface area contributed by atoms with E-state index in [0.717, 1.165) is 6.42 Å². The molecule has 10 nitrogen and oxygen atoms in total. The maximum absolute atomic E-state index is 12.9. The third kappa shape index (κ3) is 3.57. The number of rotatable bonds is 5. The molecule has 1 saturated heterocycles. The van der Waals surface area contributed by atoms with Gasteiger partial charge < -0.3 is 10.4 Å². The second kappa shape index (κ2) is 7.38. The van der Waals surface area contributed by atoms with Crippen LogP contribution in [0.25, 0.3) is 5.82 Å². The molecule has 1 aliphatic rings. The summed E-state index contributed by atoms with van der Waals surface area (Å²) in [6, 6.07) is 5.01. The third-order valence-electron chi connectivity index (χ3n) is 5.12. The van der Waals surface area contributed by atoms with Gasteiger partial charge in [-0.15, -0.1) is 0 Å². The van der Waals surface area contributed by atoms with Gasteiger partial charge in [-0.3, -0.25) is 19.2 Å². The lowest BCUT2D eigenvalue weighted by atomic mass is 9.92. The van der Waals surface area contributed by atoms with Crippen LogP contribution in [0.2, 0.25) is 0 Å². The van der Waals surface area contributed by atoms with E-state index >= 15 is 0 Å². The molecule has 3 aromatic heterocycles. The van der Waals surface area contributed by atoms with Gasteiger partial charge in [-0.05, 0) is 18.6 Å². The van der Waals surface area contributed by atoms with Crippen molar-refractivity contribution in [2.45, 2.75) is 26.9 Å². The first-order valence-corrected chi connectivity index (χ1v) is 9.57. The minimum absolute atomic E-state index is 0.0183. The number of nitrogens with one attached hydrogen (secondary N) is 1. The topological polar surface area (TPSA) is 118 Å². The highest BCUT2D eigenvalue weighted by atomic mass is 16.3. The van der Waals surface area contributed by atoms with Crippen LogP contribution in [0.15, 0.2) is 36.8 Å². The van der Waals surface area contributed by atoms with Gasteiger partial charge in [-0.2, -0.15) is 10.2 Å². The van der Waals surface area contributed by atoms with Crippen LogP contribution in [0, 0.1) is 5.41 Å². The minimum Gasteiger partial charge on any atom is -0.392 e. The SMILES string of the molecule is Cn1cc(NC(=O)c2cccc(-n3cc(CO)cn3)n2)c(N2CCC(C)(C)C2=O)n1. The van der Waals surface area contributed by atoms with E-state index in [0.29, 0.717) is 29.4 Å². The zero-order valence-corrected chi connectivity index (χ0v) is 17.0. The number of aliphatic hydroxyl groups is 1. The summed E-state index contributed by atoms with van der Waals surface area (Å²) in [5.74, 6) is 0.434. The normalized spacial score (nSPS) is 15.6. The largest absolute Gasteiger partial charge is 0.392 e. The lowest BCUT2D eigenvalue weighted by Gasteiger charge is -2.18. The van der Waals surface area contributed by atoms with E-state index in [-0.39, 0.29) is 18.2 Å². The van der Waals surface area contributed by atoms with E-state index < -0.39 is 11.3 Å². The van der Waals surface area contributed by atoms with Crippen LogP contribution in [0.1, 0.15) is 36.3 Å². The first-order valence-electron chi connectivity index (χ1n) is 9.57. The molecule has 0 aromatic carbocycles. The summed E-state index contributed by atoms with van der Waals surface area (Å²) in [6.45, 7) is 4.23. The molecule has 4 rings (SSSR count). The number of nitrogens with zero attached hydrogens (tertiary/aromatic N) is 6. The van der Waals surface area contributed by atoms with Gasteiger partial charge in [0.25, 0.3) is 5.91 Å². The Bertz CT molecular complexity index is 1120. The van der Waals surface area contributed by atoms with Crippen molar-refractivity contribution in [3.63, 3.8) is 0 Å². The number of amides is 2. The van der Waals surface area contributed by atoms with Gasteiger partial charge in [-0.25, -0.2) is 9.67 Å². The van der Waals surface area contributed by atoms with Crippen molar-refractivity contribution in [1.82, 2.24) is 24.5 Å². The van der Waals surface area contributed by atoms with E-state index in [2.05, 4.69) is 20.5 Å². The molecule has 1 aliphatic heterocycles. The van der Waals surface area contributed by atoms with Crippen molar-refractivity contribution in [3.05, 3.63) is 48.0 Å². The van der Waals surface area contributed by atoms with Crippen LogP contribution in [-0.4, -0.2) is 48.0 Å². The number of carbonyl (C=O) groups is 2. The Morgan fingerprint density at radius 1 is 1.30 bits per heavy atom. The summed E-state index contributed by atoms with van der Waals surface area (Å²) in [5, 5.41) is 20.5. The summed E-state index contributed by atoms with van der Waals surface area (Å²) in [7, 11) is 1.74. The predicted molar refractivity (Wildman–Crippen MR) is 109 cm³/mol. The van der Waals surface area contributed by atoms with E-state index in [1.807, 2.05) is 13.8 Å². The number of hydrogen-bond donors (Lipinski definition) is 2. The van der Waals surface area contributed by atoms with E-state index in [4.69, 9.17) is 0 Å². The quantitative estimate of drug-likeness (QED) is 0.659. The molecule has 0 bridgehead atoms. The fraction of sp³-hybridized carbons (Fsp3) is 0.350. The zero-order chi connectivity index (χ0) is 21.5. The van der Waals surface area contributed by atoms with Crippen molar-refractivity contribution in [3.8, 4) is 5.82 Å². The van der Waals surface area contributed by atoms with Crippen molar-refractivity contribution >= 4 is 23.3 Å². The van der Waals surface area contributed by atoms with Crippen LogP contribution in [0.4, 0.5) is 11.5 Å². The van der Waals surface area contributed by atoms with Crippen molar-refractivity contribution < 1.29 is 14.7 Å². The third-order valence-corrected chi connectivity index (χ3v) is 5.12. The van der Waals surface area contributed by atoms with E-state index in [1.54, 1.807) is 47.2 Å². The second-order valence-corrected chi connectivity index (χ2v) is 7.92. The predicted octanol–water partition coefficient (Wildman–Crippen LogP) is 1.51. The van der Waals surface area contributed by atoms with Gasteiger partial charge in [0.15, 0.2) is 11.6 Å². The highest BCUT2D eigenvalue weighted by Crippen LogP contribution is 2.36. The molecule has 2 N–H and O–H groups in total. The number of anilines is 2. The number of hydrogen-bond acceptors (Lipinski definition) is 6. The monoisotopic (exact) mass is 409 g/mol. The van der Waals surface area contributed by atoms with Gasteiger partial charge in [0.05, 0.1) is 19.0 Å². The van der Waals surface area contributed by atoms with Gasteiger partial charge in [0.1, 0.15) is 11.4 Å². The van der Waals surface area contributed by atoms with Gasteiger partial charge in [0, 0.05) is 30.8 Å². The number of pyridine rings is 1. The molecule has 0 unspecified atom stereocenters. The average molecular weight is 409 g/mol. The number of aliphatic hydroxyl groups excluding tert-OH is 1. The molecule has 156 valence electrons. The zero-order valence-electron chi connectivity index (χ0n) is 17.0. The molecule has 30 heavy (non-hydrogen) atoms. The summed E-state index contributed by atoms with van der Waals surface area (Å²) < 4.78 is 3.05. The van der Waals surface area contributed by atoms with Crippen molar-refractivity contribution in [2.24, 2.45) is 12.5 Å². The molecule has 0 saturated carbocycles. The molecule has 0 atom stereocenters. The van der Waals surface area contributed by atoms with Crippen LogP contribution in [0.5, 0.6) is 0 Å². The number of aromatic nitrogens is 5. The lowest BCUT2D eigenvalue weighted by Crippen LogP contribution is -2.32. The first kappa shape index (κ1) is 19.8. The highest BCUT2D eigenvalue weighted by Gasteiger charge is 2.41. The summed E-state index contributed by atoms with van der Waals surface area (Å²) in [6.07, 6.45) is 5.56. The Balaban J connectivity index is 1.58. The molecule has 0 spiro atoms. The fourth-order valence-electron chi connectivity index (χ4n) is 3.36. The molecular weight excluding hydrogens is 386 g/mol. The van der Waals surface area contributed by atoms with Crippen LogP contribution < -0.4 is 10.2 Å². The van der Waals surface area contributed by atoms with Gasteiger partial charge >= 0.3 is 0 Å². The number of aryl methyl sites for hydroxylation is 1. The number of carbonyl (C=O) groups excluding carboxylic acids is 2. The molecule has 1 fully saturated rings. The van der Waals surface area contributed by atoms with E-state index in [1.165, 1.54) is 10.9 Å². The molecule has 4 heterocycles. The Morgan fingerprint density at radius 3 is 2.77 bits per heavy atom. The van der Waals surface area contributed by atoms with Crippen LogP contribution in [-0.2, 0) is 18.4 Å². The molecule has 0 radical (unpaired) electrons. The molecule has 2 amide bonds. The first-order chi connectivity index (χ1) is 14.3. The molecular formula is C20H23N7O3. The Kier molecular flexibility index (Phi) is 4.86. The smallest absolute Gasteiger partial charge is 0.274 e. The second-order valence-electron chi connectivity index (χ2n) is 7.92.